The maximum Gasteiger partial charge on any atom is 0.258 e. The molecule has 0 unspecified atom stereocenters. The SMILES string of the molecule is CN(CCOCC1CC1)C(=O)c1c(O)cnc2ccccc12. The van der Waals surface area contributed by atoms with Crippen molar-refractivity contribution >= 4 is 16.8 Å². The largest absolute Gasteiger partial charge is 0.505 e. The van der Waals surface area contributed by atoms with Crippen molar-refractivity contribution < 1.29 is 14.6 Å². The monoisotopic (exact) mass is 300 g/mol. The van der Waals surface area contributed by atoms with Crippen LogP contribution in [0.1, 0.15) is 23.2 Å². The Bertz CT molecular complexity index is 683. The minimum atomic E-state index is -0.217. The van der Waals surface area contributed by atoms with E-state index in [-0.39, 0.29) is 11.7 Å². The van der Waals surface area contributed by atoms with Gasteiger partial charge in [-0.05, 0) is 24.8 Å². The first-order valence-corrected chi connectivity index (χ1v) is 7.56. The molecule has 1 amide bonds. The van der Waals surface area contributed by atoms with Crippen molar-refractivity contribution in [2.75, 3.05) is 26.8 Å². The minimum Gasteiger partial charge on any atom is -0.505 e. The van der Waals surface area contributed by atoms with Gasteiger partial charge in [0.1, 0.15) is 5.75 Å². The van der Waals surface area contributed by atoms with Gasteiger partial charge >= 0.3 is 0 Å². The summed E-state index contributed by atoms with van der Waals surface area (Å²) in [7, 11) is 1.72. The quantitative estimate of drug-likeness (QED) is 0.832. The summed E-state index contributed by atoms with van der Waals surface area (Å²) in [4.78, 5) is 18.3. The minimum absolute atomic E-state index is 0.0885. The first kappa shape index (κ1) is 14.8. The number of likely N-dealkylation sites (N-methyl/N-ethyl adjacent to an activating group) is 1. The smallest absolute Gasteiger partial charge is 0.258 e. The molecule has 0 atom stereocenters. The predicted molar refractivity (Wildman–Crippen MR) is 83.9 cm³/mol. The Labute approximate surface area is 129 Å². The molecule has 1 fully saturated rings. The molecular formula is C17H20N2O3. The van der Waals surface area contributed by atoms with Gasteiger partial charge in [0.2, 0.25) is 0 Å². The van der Waals surface area contributed by atoms with Gasteiger partial charge in [0.05, 0.1) is 23.9 Å². The van der Waals surface area contributed by atoms with E-state index in [0.717, 1.165) is 6.61 Å². The number of rotatable bonds is 6. The number of para-hydroxylation sites is 1. The molecule has 0 aliphatic heterocycles. The van der Waals surface area contributed by atoms with Gasteiger partial charge in [-0.1, -0.05) is 18.2 Å². The van der Waals surface area contributed by atoms with E-state index in [4.69, 9.17) is 4.74 Å². The summed E-state index contributed by atoms with van der Waals surface area (Å²) < 4.78 is 5.56. The molecule has 1 aliphatic rings. The van der Waals surface area contributed by atoms with Crippen LogP contribution in [0.4, 0.5) is 0 Å². The number of carbonyl (C=O) groups is 1. The van der Waals surface area contributed by atoms with Crippen molar-refractivity contribution in [2.24, 2.45) is 5.92 Å². The molecule has 2 aromatic rings. The van der Waals surface area contributed by atoms with E-state index < -0.39 is 0 Å². The van der Waals surface area contributed by atoms with Crippen LogP contribution in [0.5, 0.6) is 5.75 Å². The molecule has 1 aliphatic carbocycles. The van der Waals surface area contributed by atoms with Gasteiger partial charge < -0.3 is 14.7 Å². The number of aromatic nitrogens is 1. The number of nitrogens with zero attached hydrogens (tertiary/aromatic N) is 2. The molecule has 0 bridgehead atoms. The van der Waals surface area contributed by atoms with Crippen molar-refractivity contribution in [3.63, 3.8) is 0 Å². The number of ether oxygens (including phenoxy) is 1. The molecule has 22 heavy (non-hydrogen) atoms. The van der Waals surface area contributed by atoms with Crippen LogP contribution in [0, 0.1) is 5.92 Å². The summed E-state index contributed by atoms with van der Waals surface area (Å²) in [6, 6.07) is 7.31. The van der Waals surface area contributed by atoms with E-state index in [1.165, 1.54) is 19.0 Å². The van der Waals surface area contributed by atoms with Crippen molar-refractivity contribution in [3.8, 4) is 5.75 Å². The summed E-state index contributed by atoms with van der Waals surface area (Å²) in [5.41, 5.74) is 0.998. The molecule has 1 saturated carbocycles. The number of amides is 1. The Hall–Kier alpha value is -2.14. The van der Waals surface area contributed by atoms with Gasteiger partial charge in [-0.25, -0.2) is 0 Å². The van der Waals surface area contributed by atoms with Gasteiger partial charge in [0.25, 0.3) is 5.91 Å². The molecule has 0 saturated heterocycles. The molecule has 116 valence electrons. The van der Waals surface area contributed by atoms with Crippen LogP contribution in [0.25, 0.3) is 10.9 Å². The highest BCUT2D eigenvalue weighted by molar-refractivity contribution is 6.08. The van der Waals surface area contributed by atoms with Crippen LogP contribution in [0.2, 0.25) is 0 Å². The number of pyridine rings is 1. The van der Waals surface area contributed by atoms with Gasteiger partial charge in [-0.15, -0.1) is 0 Å². The van der Waals surface area contributed by atoms with Crippen LogP contribution in [0.3, 0.4) is 0 Å². The Morgan fingerprint density at radius 3 is 2.95 bits per heavy atom. The molecule has 0 radical (unpaired) electrons. The summed E-state index contributed by atoms with van der Waals surface area (Å²) in [6.45, 7) is 1.80. The third kappa shape index (κ3) is 3.20. The van der Waals surface area contributed by atoms with Gasteiger partial charge in [0.15, 0.2) is 0 Å². The summed E-state index contributed by atoms with van der Waals surface area (Å²) >= 11 is 0. The lowest BCUT2D eigenvalue weighted by atomic mass is 10.1. The van der Waals surface area contributed by atoms with E-state index in [1.54, 1.807) is 18.0 Å². The number of fused-ring (bicyclic) bond motifs is 1. The second kappa shape index (κ2) is 6.32. The fourth-order valence-corrected chi connectivity index (χ4v) is 2.38. The average Bonchev–Trinajstić information content (AvgIpc) is 3.35. The summed E-state index contributed by atoms with van der Waals surface area (Å²) in [5, 5.41) is 10.7. The fraction of sp³-hybridized carbons (Fsp3) is 0.412. The Morgan fingerprint density at radius 2 is 2.18 bits per heavy atom. The van der Waals surface area contributed by atoms with Gasteiger partial charge in [-0.3, -0.25) is 9.78 Å². The highest BCUT2D eigenvalue weighted by atomic mass is 16.5. The first-order chi connectivity index (χ1) is 10.7. The van der Waals surface area contributed by atoms with E-state index >= 15 is 0 Å². The second-order valence-electron chi connectivity index (χ2n) is 5.78. The third-order valence-corrected chi connectivity index (χ3v) is 3.94. The second-order valence-corrected chi connectivity index (χ2v) is 5.78. The lowest BCUT2D eigenvalue weighted by Crippen LogP contribution is -2.30. The van der Waals surface area contributed by atoms with Crippen molar-refractivity contribution in [1.82, 2.24) is 9.88 Å². The van der Waals surface area contributed by atoms with E-state index in [2.05, 4.69) is 4.98 Å². The molecular weight excluding hydrogens is 280 g/mol. The molecule has 1 aromatic heterocycles. The zero-order valence-electron chi connectivity index (χ0n) is 12.7. The Morgan fingerprint density at radius 1 is 1.41 bits per heavy atom. The van der Waals surface area contributed by atoms with Gasteiger partial charge in [0, 0.05) is 25.6 Å². The molecule has 5 heteroatoms. The van der Waals surface area contributed by atoms with E-state index in [0.29, 0.717) is 35.5 Å². The highest BCUT2D eigenvalue weighted by Gasteiger charge is 2.22. The standard InChI is InChI=1S/C17H20N2O3/c1-19(8-9-22-11-12-6-7-12)17(21)16-13-4-2-3-5-14(13)18-10-15(16)20/h2-5,10,12,20H,6-9,11H2,1H3. The van der Waals surface area contributed by atoms with E-state index in [1.807, 2.05) is 18.2 Å². The van der Waals surface area contributed by atoms with Crippen LogP contribution >= 0.6 is 0 Å². The molecule has 1 heterocycles. The number of aromatic hydroxyl groups is 1. The lowest BCUT2D eigenvalue weighted by Gasteiger charge is -2.18. The Kier molecular flexibility index (Phi) is 4.24. The number of benzene rings is 1. The van der Waals surface area contributed by atoms with Gasteiger partial charge in [-0.2, -0.15) is 0 Å². The van der Waals surface area contributed by atoms with Crippen LogP contribution < -0.4 is 0 Å². The molecule has 1 aromatic carbocycles. The van der Waals surface area contributed by atoms with E-state index in [9.17, 15) is 9.90 Å². The number of hydrogen-bond donors (Lipinski definition) is 1. The zero-order chi connectivity index (χ0) is 15.5. The maximum atomic E-state index is 12.6. The highest BCUT2D eigenvalue weighted by Crippen LogP contribution is 2.29. The van der Waals surface area contributed by atoms with Crippen LogP contribution in [0.15, 0.2) is 30.5 Å². The molecule has 3 rings (SSSR count). The molecule has 0 spiro atoms. The predicted octanol–water partition coefficient (Wildman–Crippen LogP) is 2.44. The average molecular weight is 300 g/mol. The van der Waals surface area contributed by atoms with Crippen molar-refractivity contribution in [2.45, 2.75) is 12.8 Å². The third-order valence-electron chi connectivity index (χ3n) is 3.94. The number of hydrogen-bond acceptors (Lipinski definition) is 4. The topological polar surface area (TPSA) is 62.7 Å². The fourth-order valence-electron chi connectivity index (χ4n) is 2.38. The van der Waals surface area contributed by atoms with Crippen molar-refractivity contribution in [1.29, 1.82) is 0 Å². The summed E-state index contributed by atoms with van der Waals surface area (Å²) in [6.07, 6.45) is 3.84. The molecule has 1 N–H and O–H groups in total. The molecule has 5 nitrogen and oxygen atoms in total. The summed E-state index contributed by atoms with van der Waals surface area (Å²) in [5.74, 6) is 0.412. The normalized spacial score (nSPS) is 14.2. The van der Waals surface area contributed by atoms with Crippen LogP contribution in [-0.4, -0.2) is 47.7 Å². The first-order valence-electron chi connectivity index (χ1n) is 7.56. The van der Waals surface area contributed by atoms with Crippen molar-refractivity contribution in [3.05, 3.63) is 36.0 Å². The van der Waals surface area contributed by atoms with Crippen LogP contribution in [-0.2, 0) is 4.74 Å². The maximum absolute atomic E-state index is 12.6. The number of carbonyl (C=O) groups excluding carboxylic acids is 1. The zero-order valence-corrected chi connectivity index (χ0v) is 12.7. The lowest BCUT2D eigenvalue weighted by molar-refractivity contribution is 0.0680. The Balaban J connectivity index is 1.71.